The van der Waals surface area contributed by atoms with E-state index >= 15 is 0 Å². The van der Waals surface area contributed by atoms with Crippen LogP contribution in [0.5, 0.6) is 11.5 Å². The van der Waals surface area contributed by atoms with Gasteiger partial charge in [-0.1, -0.05) is 23.7 Å². The van der Waals surface area contributed by atoms with Gasteiger partial charge in [-0.25, -0.2) is 0 Å². The van der Waals surface area contributed by atoms with Crippen molar-refractivity contribution in [3.63, 3.8) is 0 Å². The first-order chi connectivity index (χ1) is 10.8. The lowest BCUT2D eigenvalue weighted by molar-refractivity contribution is 0.217. The Balaban J connectivity index is 1.42. The van der Waals surface area contributed by atoms with E-state index in [0.29, 0.717) is 22.8 Å². The van der Waals surface area contributed by atoms with Crippen molar-refractivity contribution in [1.82, 2.24) is 0 Å². The SMILES string of the molecule is Clc1ccc(OCCOc2ccc(C3SCCS3)cc2)cc1. The molecule has 1 fully saturated rings. The highest BCUT2D eigenvalue weighted by molar-refractivity contribution is 8.19. The summed E-state index contributed by atoms with van der Waals surface area (Å²) in [6, 6.07) is 15.7. The summed E-state index contributed by atoms with van der Waals surface area (Å²) in [6.07, 6.45) is 0. The summed E-state index contributed by atoms with van der Waals surface area (Å²) < 4.78 is 11.9. The van der Waals surface area contributed by atoms with Gasteiger partial charge in [0.2, 0.25) is 0 Å². The van der Waals surface area contributed by atoms with Gasteiger partial charge in [0.15, 0.2) is 0 Å². The van der Waals surface area contributed by atoms with Crippen LogP contribution < -0.4 is 9.47 Å². The van der Waals surface area contributed by atoms with Crippen LogP contribution in [0.15, 0.2) is 48.5 Å². The maximum Gasteiger partial charge on any atom is 0.122 e. The van der Waals surface area contributed by atoms with E-state index in [2.05, 4.69) is 12.1 Å². The van der Waals surface area contributed by atoms with E-state index in [-0.39, 0.29) is 0 Å². The number of thioether (sulfide) groups is 2. The van der Waals surface area contributed by atoms with Crippen molar-refractivity contribution in [1.29, 1.82) is 0 Å². The first-order valence-corrected chi connectivity index (χ1v) is 9.63. The van der Waals surface area contributed by atoms with Crippen LogP contribution >= 0.6 is 35.1 Å². The maximum absolute atomic E-state index is 5.83. The highest BCUT2D eigenvalue weighted by Crippen LogP contribution is 2.45. The molecule has 0 aliphatic carbocycles. The molecule has 0 spiro atoms. The van der Waals surface area contributed by atoms with E-state index in [1.165, 1.54) is 17.1 Å². The Hall–Kier alpha value is -0.970. The molecule has 1 aliphatic heterocycles. The summed E-state index contributed by atoms with van der Waals surface area (Å²) >= 11 is 9.86. The molecule has 0 radical (unpaired) electrons. The molecule has 5 heteroatoms. The molecule has 1 aliphatic rings. The molecule has 0 amide bonds. The van der Waals surface area contributed by atoms with Gasteiger partial charge in [0, 0.05) is 16.5 Å². The first-order valence-electron chi connectivity index (χ1n) is 7.15. The van der Waals surface area contributed by atoms with Crippen molar-refractivity contribution >= 4 is 35.1 Å². The molecule has 2 aromatic rings. The van der Waals surface area contributed by atoms with Crippen molar-refractivity contribution < 1.29 is 9.47 Å². The van der Waals surface area contributed by atoms with Gasteiger partial charge in [-0.15, -0.1) is 23.5 Å². The Morgan fingerprint density at radius 1 is 0.818 bits per heavy atom. The van der Waals surface area contributed by atoms with E-state index < -0.39 is 0 Å². The summed E-state index contributed by atoms with van der Waals surface area (Å²) in [5, 5.41) is 0.710. The quantitative estimate of drug-likeness (QED) is 0.658. The number of ether oxygens (including phenoxy) is 2. The van der Waals surface area contributed by atoms with Crippen LogP contribution in [0.1, 0.15) is 10.1 Å². The predicted molar refractivity (Wildman–Crippen MR) is 96.5 cm³/mol. The number of hydrogen-bond donors (Lipinski definition) is 0. The van der Waals surface area contributed by atoms with E-state index in [1.807, 2.05) is 59.9 Å². The van der Waals surface area contributed by atoms with Crippen LogP contribution in [0.3, 0.4) is 0 Å². The minimum absolute atomic E-state index is 0.512. The van der Waals surface area contributed by atoms with E-state index in [9.17, 15) is 0 Å². The number of halogens is 1. The topological polar surface area (TPSA) is 18.5 Å². The third-order valence-electron chi connectivity index (χ3n) is 3.21. The smallest absolute Gasteiger partial charge is 0.122 e. The van der Waals surface area contributed by atoms with Crippen LogP contribution in [0, 0.1) is 0 Å². The lowest BCUT2D eigenvalue weighted by Crippen LogP contribution is -2.08. The van der Waals surface area contributed by atoms with E-state index in [4.69, 9.17) is 21.1 Å². The van der Waals surface area contributed by atoms with Gasteiger partial charge in [-0.05, 0) is 42.0 Å². The monoisotopic (exact) mass is 352 g/mol. The molecule has 116 valence electrons. The maximum atomic E-state index is 5.83. The summed E-state index contributed by atoms with van der Waals surface area (Å²) in [7, 11) is 0. The van der Waals surface area contributed by atoms with Gasteiger partial charge in [-0.2, -0.15) is 0 Å². The summed E-state index contributed by atoms with van der Waals surface area (Å²) in [4.78, 5) is 0. The average Bonchev–Trinajstić information content (AvgIpc) is 3.08. The van der Waals surface area contributed by atoms with Crippen LogP contribution in [0.2, 0.25) is 5.02 Å². The average molecular weight is 353 g/mol. The molecular formula is C17H17ClO2S2. The molecule has 2 aromatic carbocycles. The van der Waals surface area contributed by atoms with Crippen LogP contribution in [0.25, 0.3) is 0 Å². The van der Waals surface area contributed by atoms with Crippen molar-refractivity contribution in [2.24, 2.45) is 0 Å². The summed E-state index contributed by atoms with van der Waals surface area (Å²) in [5.41, 5.74) is 1.37. The van der Waals surface area contributed by atoms with Gasteiger partial charge in [0.1, 0.15) is 24.7 Å². The normalized spacial score (nSPS) is 15.0. The Morgan fingerprint density at radius 3 is 1.86 bits per heavy atom. The highest BCUT2D eigenvalue weighted by Gasteiger charge is 2.17. The number of benzene rings is 2. The Labute approximate surface area is 144 Å². The Morgan fingerprint density at radius 2 is 1.32 bits per heavy atom. The zero-order valence-corrected chi connectivity index (χ0v) is 14.4. The van der Waals surface area contributed by atoms with Crippen molar-refractivity contribution in [3.05, 3.63) is 59.1 Å². The predicted octanol–water partition coefficient (Wildman–Crippen LogP) is 5.28. The van der Waals surface area contributed by atoms with E-state index in [0.717, 1.165) is 11.5 Å². The van der Waals surface area contributed by atoms with Crippen molar-refractivity contribution in [3.8, 4) is 11.5 Å². The molecule has 0 N–H and O–H groups in total. The van der Waals surface area contributed by atoms with Gasteiger partial charge < -0.3 is 9.47 Å². The van der Waals surface area contributed by atoms with Gasteiger partial charge in [0.05, 0.1) is 4.58 Å². The molecule has 0 atom stereocenters. The van der Waals surface area contributed by atoms with E-state index in [1.54, 1.807) is 0 Å². The minimum Gasteiger partial charge on any atom is -0.490 e. The second-order valence-electron chi connectivity index (χ2n) is 4.79. The molecule has 0 saturated carbocycles. The fourth-order valence-corrected chi connectivity index (χ4v) is 5.11. The lowest BCUT2D eigenvalue weighted by Gasteiger charge is -2.11. The third-order valence-corrected chi connectivity index (χ3v) is 6.56. The fourth-order valence-electron chi connectivity index (χ4n) is 2.12. The van der Waals surface area contributed by atoms with Crippen molar-refractivity contribution in [2.75, 3.05) is 24.7 Å². The third kappa shape index (κ3) is 4.51. The Kier molecular flexibility index (Phi) is 5.82. The lowest BCUT2D eigenvalue weighted by atomic mass is 10.2. The molecule has 0 bridgehead atoms. The fraction of sp³-hybridized carbons (Fsp3) is 0.294. The highest BCUT2D eigenvalue weighted by atomic mass is 35.5. The first kappa shape index (κ1) is 15.9. The van der Waals surface area contributed by atoms with Crippen LogP contribution in [-0.2, 0) is 0 Å². The molecule has 1 heterocycles. The standard InChI is InChI=1S/C17H17ClO2S2/c18-14-3-7-16(8-4-14)20-10-9-19-15-5-1-13(2-6-15)17-21-11-12-22-17/h1-8,17H,9-12H2. The summed E-state index contributed by atoms with van der Waals surface area (Å²) in [6.45, 7) is 1.03. The van der Waals surface area contributed by atoms with Gasteiger partial charge in [0.25, 0.3) is 0 Å². The molecule has 0 unspecified atom stereocenters. The zero-order valence-electron chi connectivity index (χ0n) is 12.0. The number of rotatable bonds is 6. The van der Waals surface area contributed by atoms with Crippen LogP contribution in [-0.4, -0.2) is 24.7 Å². The largest absolute Gasteiger partial charge is 0.490 e. The minimum atomic E-state index is 0.512. The summed E-state index contributed by atoms with van der Waals surface area (Å²) in [5.74, 6) is 4.18. The molecule has 22 heavy (non-hydrogen) atoms. The second-order valence-corrected chi connectivity index (χ2v) is 7.95. The van der Waals surface area contributed by atoms with Gasteiger partial charge in [-0.3, -0.25) is 0 Å². The van der Waals surface area contributed by atoms with Crippen LogP contribution in [0.4, 0.5) is 0 Å². The molecular weight excluding hydrogens is 336 g/mol. The van der Waals surface area contributed by atoms with Gasteiger partial charge >= 0.3 is 0 Å². The number of hydrogen-bond acceptors (Lipinski definition) is 4. The second kappa shape index (κ2) is 8.04. The van der Waals surface area contributed by atoms with Crippen molar-refractivity contribution in [2.45, 2.75) is 4.58 Å². The molecule has 0 aromatic heterocycles. The zero-order chi connectivity index (χ0) is 15.2. The molecule has 2 nitrogen and oxygen atoms in total. The molecule has 3 rings (SSSR count). The molecule has 1 saturated heterocycles. The Bertz CT molecular complexity index is 581.